The molecule has 0 unspecified atom stereocenters. The maximum Gasteiger partial charge on any atom is 0.145 e. The molecule has 0 radical (unpaired) electrons. The molecule has 84 valence electrons. The topological polar surface area (TPSA) is 42.4 Å². The van der Waals surface area contributed by atoms with E-state index in [0.29, 0.717) is 16.3 Å². The number of rotatable bonds is 2. The fraction of sp³-hybridized carbons (Fsp3) is 0.250. The Kier molecular flexibility index (Phi) is 2.99. The van der Waals surface area contributed by atoms with Crippen LogP contribution in [0.25, 0.3) is 10.9 Å². The number of aryl methyl sites for hydroxylation is 1. The predicted molar refractivity (Wildman–Crippen MR) is 64.0 cm³/mol. The number of aromatic nitrogens is 1. The van der Waals surface area contributed by atoms with Crippen molar-refractivity contribution in [2.75, 3.05) is 7.11 Å². The number of aliphatic hydroxyl groups excluding tert-OH is 1. The second kappa shape index (κ2) is 4.28. The third-order valence-corrected chi connectivity index (χ3v) is 2.79. The van der Waals surface area contributed by atoms with E-state index in [2.05, 4.69) is 4.98 Å². The lowest BCUT2D eigenvalue weighted by Gasteiger charge is -2.10. The summed E-state index contributed by atoms with van der Waals surface area (Å²) in [5.74, 6) is 0.665. The third-order valence-electron chi connectivity index (χ3n) is 2.47. The number of halogens is 1. The van der Waals surface area contributed by atoms with Crippen LogP contribution in [0.4, 0.5) is 0 Å². The van der Waals surface area contributed by atoms with Gasteiger partial charge in [-0.3, -0.25) is 0 Å². The highest BCUT2D eigenvalue weighted by molar-refractivity contribution is 6.35. The van der Waals surface area contributed by atoms with Gasteiger partial charge in [0.25, 0.3) is 0 Å². The minimum atomic E-state index is -0.0628. The highest BCUT2D eigenvalue weighted by atomic mass is 35.5. The van der Waals surface area contributed by atoms with Crippen molar-refractivity contribution in [1.29, 1.82) is 0 Å². The summed E-state index contributed by atoms with van der Waals surface area (Å²) in [5, 5.41) is 10.7. The van der Waals surface area contributed by atoms with Gasteiger partial charge in [-0.1, -0.05) is 11.6 Å². The zero-order chi connectivity index (χ0) is 11.7. The van der Waals surface area contributed by atoms with Gasteiger partial charge in [0.05, 0.1) is 18.7 Å². The van der Waals surface area contributed by atoms with Crippen LogP contribution in [0, 0.1) is 6.92 Å². The smallest absolute Gasteiger partial charge is 0.145 e. The molecule has 0 bridgehead atoms. The predicted octanol–water partition coefficient (Wildman–Crippen LogP) is 2.70. The first-order valence-corrected chi connectivity index (χ1v) is 5.28. The number of aliphatic hydroxyl groups is 1. The summed E-state index contributed by atoms with van der Waals surface area (Å²) in [6.07, 6.45) is 0. The maximum absolute atomic E-state index is 9.32. The third kappa shape index (κ3) is 1.72. The van der Waals surface area contributed by atoms with Crippen molar-refractivity contribution < 1.29 is 9.84 Å². The van der Waals surface area contributed by atoms with Crippen molar-refractivity contribution >= 4 is 22.5 Å². The molecule has 16 heavy (non-hydrogen) atoms. The summed E-state index contributed by atoms with van der Waals surface area (Å²) in [4.78, 5) is 4.40. The average Bonchev–Trinajstić information content (AvgIpc) is 2.28. The normalized spacial score (nSPS) is 10.8. The molecule has 1 aromatic carbocycles. The first-order chi connectivity index (χ1) is 7.67. The molecule has 2 aromatic rings. The summed E-state index contributed by atoms with van der Waals surface area (Å²) in [6, 6.07) is 5.35. The van der Waals surface area contributed by atoms with E-state index in [-0.39, 0.29) is 6.61 Å². The Hall–Kier alpha value is -1.32. The number of hydrogen-bond donors (Lipinski definition) is 1. The van der Waals surface area contributed by atoms with E-state index in [0.717, 1.165) is 16.6 Å². The van der Waals surface area contributed by atoms with Gasteiger partial charge in [0.2, 0.25) is 0 Å². The van der Waals surface area contributed by atoms with E-state index < -0.39 is 0 Å². The van der Waals surface area contributed by atoms with Crippen molar-refractivity contribution in [3.63, 3.8) is 0 Å². The number of nitrogens with zero attached hydrogens (tertiary/aromatic N) is 1. The molecule has 0 spiro atoms. The van der Waals surface area contributed by atoms with E-state index in [1.165, 1.54) is 0 Å². The average molecular weight is 238 g/mol. The zero-order valence-corrected chi connectivity index (χ0v) is 9.88. The van der Waals surface area contributed by atoms with Crippen molar-refractivity contribution in [2.24, 2.45) is 0 Å². The zero-order valence-electron chi connectivity index (χ0n) is 9.12. The van der Waals surface area contributed by atoms with E-state index in [9.17, 15) is 5.11 Å². The molecular weight excluding hydrogens is 226 g/mol. The highest BCUT2D eigenvalue weighted by Crippen LogP contribution is 2.32. The van der Waals surface area contributed by atoms with E-state index >= 15 is 0 Å². The molecular formula is C12H12ClNO2. The highest BCUT2D eigenvalue weighted by Gasteiger charge is 2.11. The maximum atomic E-state index is 9.32. The molecule has 0 saturated heterocycles. The molecule has 0 fully saturated rings. The van der Waals surface area contributed by atoms with Crippen LogP contribution in [0.5, 0.6) is 5.75 Å². The summed E-state index contributed by atoms with van der Waals surface area (Å²) in [6.45, 7) is 1.81. The van der Waals surface area contributed by atoms with Crippen molar-refractivity contribution in [3.05, 3.63) is 34.5 Å². The minimum absolute atomic E-state index is 0.0628. The molecule has 0 amide bonds. The lowest BCUT2D eigenvalue weighted by Crippen LogP contribution is -1.95. The van der Waals surface area contributed by atoms with E-state index in [1.54, 1.807) is 19.2 Å². The van der Waals surface area contributed by atoms with Crippen molar-refractivity contribution in [2.45, 2.75) is 13.5 Å². The molecule has 1 N–H and O–H groups in total. The lowest BCUT2D eigenvalue weighted by molar-refractivity contribution is 0.283. The van der Waals surface area contributed by atoms with E-state index in [4.69, 9.17) is 16.3 Å². The van der Waals surface area contributed by atoms with Crippen LogP contribution in [-0.2, 0) is 6.61 Å². The quantitative estimate of drug-likeness (QED) is 0.873. The van der Waals surface area contributed by atoms with Gasteiger partial charge in [0.15, 0.2) is 0 Å². The Balaban J connectivity index is 2.91. The van der Waals surface area contributed by atoms with Gasteiger partial charge in [-0.25, -0.2) is 4.98 Å². The van der Waals surface area contributed by atoms with Gasteiger partial charge in [-0.15, -0.1) is 0 Å². The van der Waals surface area contributed by atoms with Crippen LogP contribution in [0.15, 0.2) is 18.2 Å². The van der Waals surface area contributed by atoms with Gasteiger partial charge in [-0.05, 0) is 30.7 Å². The number of fused-ring (bicyclic) bond motifs is 1. The molecule has 1 heterocycles. The van der Waals surface area contributed by atoms with Crippen LogP contribution < -0.4 is 4.74 Å². The Labute approximate surface area is 98.6 Å². The Morgan fingerprint density at radius 2 is 2.19 bits per heavy atom. The van der Waals surface area contributed by atoms with Gasteiger partial charge in [0.1, 0.15) is 11.3 Å². The Morgan fingerprint density at radius 1 is 1.44 bits per heavy atom. The van der Waals surface area contributed by atoms with Crippen LogP contribution in [0.1, 0.15) is 11.3 Å². The van der Waals surface area contributed by atoms with Gasteiger partial charge in [-0.2, -0.15) is 0 Å². The first-order valence-electron chi connectivity index (χ1n) is 4.91. The molecule has 3 nitrogen and oxygen atoms in total. The standard InChI is InChI=1S/C12H12ClNO2/c1-7-5-8(6-15)11-9(13)3-4-10(16-2)12(11)14-7/h3-5,15H,6H2,1-2H3. The number of benzene rings is 1. The van der Waals surface area contributed by atoms with Gasteiger partial charge >= 0.3 is 0 Å². The Morgan fingerprint density at radius 3 is 2.81 bits per heavy atom. The fourth-order valence-corrected chi connectivity index (χ4v) is 2.06. The van der Waals surface area contributed by atoms with Crippen LogP contribution in [0.2, 0.25) is 5.02 Å². The van der Waals surface area contributed by atoms with E-state index in [1.807, 2.05) is 13.0 Å². The summed E-state index contributed by atoms with van der Waals surface area (Å²) >= 11 is 6.12. The molecule has 0 aliphatic rings. The van der Waals surface area contributed by atoms with Crippen LogP contribution in [0.3, 0.4) is 0 Å². The number of pyridine rings is 1. The first kappa shape index (κ1) is 11.2. The minimum Gasteiger partial charge on any atom is -0.494 e. The van der Waals surface area contributed by atoms with Crippen molar-refractivity contribution in [3.8, 4) is 5.75 Å². The Bertz CT molecular complexity index is 540. The molecule has 0 saturated carbocycles. The SMILES string of the molecule is COc1ccc(Cl)c2c(CO)cc(C)nc12. The number of ether oxygens (including phenoxy) is 1. The number of methoxy groups -OCH3 is 1. The second-order valence-electron chi connectivity index (χ2n) is 3.55. The monoisotopic (exact) mass is 237 g/mol. The molecule has 0 atom stereocenters. The lowest BCUT2D eigenvalue weighted by atomic mass is 10.1. The van der Waals surface area contributed by atoms with Gasteiger partial charge in [0, 0.05) is 11.1 Å². The van der Waals surface area contributed by atoms with Gasteiger partial charge < -0.3 is 9.84 Å². The second-order valence-corrected chi connectivity index (χ2v) is 3.96. The summed E-state index contributed by atoms with van der Waals surface area (Å²) in [7, 11) is 1.59. The summed E-state index contributed by atoms with van der Waals surface area (Å²) in [5.41, 5.74) is 2.29. The number of hydrogen-bond acceptors (Lipinski definition) is 3. The summed E-state index contributed by atoms with van der Waals surface area (Å²) < 4.78 is 5.23. The molecule has 4 heteroatoms. The molecule has 2 rings (SSSR count). The van der Waals surface area contributed by atoms with Crippen LogP contribution >= 0.6 is 11.6 Å². The molecule has 0 aliphatic heterocycles. The molecule has 0 aliphatic carbocycles. The van der Waals surface area contributed by atoms with Crippen molar-refractivity contribution in [1.82, 2.24) is 4.98 Å². The van der Waals surface area contributed by atoms with Crippen LogP contribution in [-0.4, -0.2) is 17.2 Å². The largest absolute Gasteiger partial charge is 0.494 e. The fourth-order valence-electron chi connectivity index (χ4n) is 1.79. The molecule has 1 aromatic heterocycles.